The van der Waals surface area contributed by atoms with Gasteiger partial charge in [0.2, 0.25) is 0 Å². The van der Waals surface area contributed by atoms with E-state index >= 15 is 0 Å². The maximum atomic E-state index is 13.3. The topological polar surface area (TPSA) is 88.6 Å². The lowest BCUT2D eigenvalue weighted by molar-refractivity contribution is 0.0993. The van der Waals surface area contributed by atoms with Crippen molar-refractivity contribution in [3.05, 3.63) is 108 Å². The first kappa shape index (κ1) is 21.2. The number of furan rings is 1. The fraction of sp³-hybridized carbons (Fsp3) is 0.0741. The number of fused-ring (bicyclic) bond motifs is 1. The molecule has 3 aromatic heterocycles. The molecule has 0 saturated carbocycles. The molecule has 168 valence electrons. The van der Waals surface area contributed by atoms with Crippen molar-refractivity contribution in [2.45, 2.75) is 13.8 Å². The van der Waals surface area contributed by atoms with Gasteiger partial charge in [-0.15, -0.1) is 0 Å². The van der Waals surface area contributed by atoms with Gasteiger partial charge in [0.25, 0.3) is 11.8 Å². The Morgan fingerprint density at radius 2 is 1.68 bits per heavy atom. The lowest BCUT2D eigenvalue weighted by Crippen LogP contribution is -2.16. The fourth-order valence-corrected chi connectivity index (χ4v) is 3.79. The maximum Gasteiger partial charge on any atom is 0.291 e. The summed E-state index contributed by atoms with van der Waals surface area (Å²) < 4.78 is 7.04. The molecule has 0 atom stereocenters. The van der Waals surface area contributed by atoms with Gasteiger partial charge in [0.1, 0.15) is 17.2 Å². The van der Waals surface area contributed by atoms with Crippen LogP contribution in [0.25, 0.3) is 16.9 Å². The summed E-state index contributed by atoms with van der Waals surface area (Å²) in [6.45, 7) is 3.84. The molecular formula is C27H22N4O3. The van der Waals surface area contributed by atoms with Gasteiger partial charge in [-0.1, -0.05) is 42.5 Å². The molecule has 2 aromatic carbocycles. The van der Waals surface area contributed by atoms with Crippen LogP contribution in [0.1, 0.15) is 32.0 Å². The van der Waals surface area contributed by atoms with Gasteiger partial charge in [-0.3, -0.25) is 14.0 Å². The van der Waals surface area contributed by atoms with Crippen LogP contribution in [0.15, 0.2) is 89.7 Å². The van der Waals surface area contributed by atoms with Gasteiger partial charge in [0.15, 0.2) is 5.76 Å². The van der Waals surface area contributed by atoms with Crippen molar-refractivity contribution >= 4 is 29.0 Å². The summed E-state index contributed by atoms with van der Waals surface area (Å²) in [6, 6.07) is 22.0. The number of carbonyl (C=O) groups is 2. The van der Waals surface area contributed by atoms with Gasteiger partial charge >= 0.3 is 0 Å². The molecule has 34 heavy (non-hydrogen) atoms. The molecule has 0 aliphatic carbocycles. The smallest absolute Gasteiger partial charge is 0.291 e. The predicted octanol–water partition coefficient (Wildman–Crippen LogP) is 5.72. The van der Waals surface area contributed by atoms with Crippen molar-refractivity contribution in [3.8, 4) is 11.3 Å². The molecule has 2 N–H and O–H groups in total. The Morgan fingerprint density at radius 1 is 0.853 bits per heavy atom. The quantitative estimate of drug-likeness (QED) is 0.359. The van der Waals surface area contributed by atoms with Crippen molar-refractivity contribution < 1.29 is 14.0 Å². The van der Waals surface area contributed by atoms with E-state index in [4.69, 9.17) is 9.40 Å². The standard InChI is InChI=1S/C27H22N4O3/c1-17-12-13-20(16-21(17)28-27(33)22-11-7-15-34-22)26(32)30-25-23(19-9-4-3-5-10-19)29-24-18(2)8-6-14-31(24)25/h3-16H,1-2H3,(H,28,33)(H,30,32). The van der Waals surface area contributed by atoms with Crippen LogP contribution in [0.2, 0.25) is 0 Å². The lowest BCUT2D eigenvalue weighted by atomic mass is 10.1. The molecular weight excluding hydrogens is 428 g/mol. The third-order valence-electron chi connectivity index (χ3n) is 5.62. The van der Waals surface area contributed by atoms with Gasteiger partial charge in [0.05, 0.1) is 6.26 Å². The fourth-order valence-electron chi connectivity index (χ4n) is 3.79. The summed E-state index contributed by atoms with van der Waals surface area (Å²) in [4.78, 5) is 30.6. The van der Waals surface area contributed by atoms with Crippen LogP contribution in [0, 0.1) is 13.8 Å². The summed E-state index contributed by atoms with van der Waals surface area (Å²) in [5.41, 5.74) is 5.11. The van der Waals surface area contributed by atoms with Gasteiger partial charge in [0, 0.05) is 23.0 Å². The van der Waals surface area contributed by atoms with E-state index in [9.17, 15) is 9.59 Å². The third kappa shape index (κ3) is 3.95. The number of nitrogens with zero attached hydrogens (tertiary/aromatic N) is 2. The highest BCUT2D eigenvalue weighted by Crippen LogP contribution is 2.30. The van der Waals surface area contributed by atoms with Crippen LogP contribution in [-0.2, 0) is 0 Å². The van der Waals surface area contributed by atoms with Crippen molar-refractivity contribution in [2.24, 2.45) is 0 Å². The monoisotopic (exact) mass is 450 g/mol. The number of nitrogens with one attached hydrogen (secondary N) is 2. The summed E-state index contributed by atoms with van der Waals surface area (Å²) in [5, 5.41) is 5.84. The first-order valence-electron chi connectivity index (χ1n) is 10.8. The number of anilines is 2. The Balaban J connectivity index is 1.50. The average molecular weight is 450 g/mol. The lowest BCUT2D eigenvalue weighted by Gasteiger charge is -2.11. The highest BCUT2D eigenvalue weighted by Gasteiger charge is 2.19. The van der Waals surface area contributed by atoms with Crippen LogP contribution in [-0.4, -0.2) is 21.2 Å². The van der Waals surface area contributed by atoms with E-state index < -0.39 is 0 Å². The number of benzene rings is 2. The highest BCUT2D eigenvalue weighted by molar-refractivity contribution is 6.08. The first-order valence-corrected chi connectivity index (χ1v) is 10.8. The van der Waals surface area contributed by atoms with E-state index in [1.807, 2.05) is 66.9 Å². The molecule has 0 aliphatic heterocycles. The number of imidazole rings is 1. The molecule has 0 unspecified atom stereocenters. The SMILES string of the molecule is Cc1ccc(C(=O)Nc2c(-c3ccccc3)nc3c(C)cccn23)cc1NC(=O)c1ccco1. The minimum atomic E-state index is -0.380. The second-order valence-corrected chi connectivity index (χ2v) is 7.98. The zero-order chi connectivity index (χ0) is 23.7. The van der Waals surface area contributed by atoms with Crippen LogP contribution >= 0.6 is 0 Å². The summed E-state index contributed by atoms with van der Waals surface area (Å²) >= 11 is 0. The van der Waals surface area contributed by atoms with Crippen LogP contribution in [0.5, 0.6) is 0 Å². The molecule has 7 nitrogen and oxygen atoms in total. The predicted molar refractivity (Wildman–Crippen MR) is 131 cm³/mol. The number of aryl methyl sites for hydroxylation is 2. The number of amides is 2. The van der Waals surface area contributed by atoms with Gasteiger partial charge in [-0.2, -0.15) is 0 Å². The minimum absolute atomic E-state index is 0.197. The Hall–Kier alpha value is -4.65. The number of aromatic nitrogens is 2. The molecule has 5 rings (SSSR count). The molecule has 2 amide bonds. The van der Waals surface area contributed by atoms with E-state index in [2.05, 4.69) is 10.6 Å². The molecule has 0 aliphatic rings. The average Bonchev–Trinajstić information content (AvgIpc) is 3.51. The van der Waals surface area contributed by atoms with Crippen molar-refractivity contribution in [1.82, 2.24) is 9.38 Å². The van der Waals surface area contributed by atoms with E-state index in [0.29, 0.717) is 22.8 Å². The number of hydrogen-bond donors (Lipinski definition) is 2. The third-order valence-corrected chi connectivity index (χ3v) is 5.62. The maximum absolute atomic E-state index is 13.3. The highest BCUT2D eigenvalue weighted by atomic mass is 16.3. The normalized spacial score (nSPS) is 10.9. The summed E-state index contributed by atoms with van der Waals surface area (Å²) in [7, 11) is 0. The van der Waals surface area contributed by atoms with Crippen LogP contribution in [0.4, 0.5) is 11.5 Å². The van der Waals surface area contributed by atoms with Crippen LogP contribution < -0.4 is 10.6 Å². The number of carbonyl (C=O) groups excluding carboxylic acids is 2. The molecule has 7 heteroatoms. The Bertz CT molecular complexity index is 1500. The van der Waals surface area contributed by atoms with Crippen molar-refractivity contribution in [1.29, 1.82) is 0 Å². The summed E-state index contributed by atoms with van der Waals surface area (Å²) in [6.07, 6.45) is 3.31. The minimum Gasteiger partial charge on any atom is -0.459 e. The second-order valence-electron chi connectivity index (χ2n) is 7.98. The van der Waals surface area contributed by atoms with E-state index in [0.717, 1.165) is 22.3 Å². The zero-order valence-electron chi connectivity index (χ0n) is 18.7. The molecule has 0 spiro atoms. The van der Waals surface area contributed by atoms with Crippen molar-refractivity contribution in [2.75, 3.05) is 10.6 Å². The van der Waals surface area contributed by atoms with E-state index in [-0.39, 0.29) is 17.6 Å². The Labute approximate surface area is 196 Å². The molecule has 0 radical (unpaired) electrons. The van der Waals surface area contributed by atoms with Gasteiger partial charge in [-0.25, -0.2) is 4.98 Å². The van der Waals surface area contributed by atoms with Gasteiger partial charge < -0.3 is 15.1 Å². The molecule has 0 saturated heterocycles. The van der Waals surface area contributed by atoms with Crippen molar-refractivity contribution in [3.63, 3.8) is 0 Å². The largest absolute Gasteiger partial charge is 0.459 e. The molecule has 0 bridgehead atoms. The number of pyridine rings is 1. The molecule has 3 heterocycles. The van der Waals surface area contributed by atoms with Gasteiger partial charge in [-0.05, 0) is 55.3 Å². The van der Waals surface area contributed by atoms with E-state index in [1.54, 1.807) is 30.3 Å². The second kappa shape index (κ2) is 8.71. The van der Waals surface area contributed by atoms with Crippen LogP contribution in [0.3, 0.4) is 0 Å². The zero-order valence-corrected chi connectivity index (χ0v) is 18.7. The number of hydrogen-bond acceptors (Lipinski definition) is 4. The van der Waals surface area contributed by atoms with E-state index in [1.165, 1.54) is 6.26 Å². The Morgan fingerprint density at radius 3 is 2.44 bits per heavy atom. The summed E-state index contributed by atoms with van der Waals surface area (Å²) in [5.74, 6) is 0.0859. The molecule has 0 fully saturated rings. The molecule has 5 aromatic rings. The Kier molecular flexibility index (Phi) is 5.43. The number of rotatable bonds is 5. The first-order chi connectivity index (χ1) is 16.5.